The first-order chi connectivity index (χ1) is 17.9. The van der Waals surface area contributed by atoms with Crippen molar-refractivity contribution >= 4 is 23.5 Å². The molecule has 8 nitrogen and oxygen atoms in total. The maximum atomic E-state index is 12.6. The van der Waals surface area contributed by atoms with E-state index >= 15 is 0 Å². The molecule has 5 rings (SSSR count). The van der Waals surface area contributed by atoms with E-state index in [1.807, 2.05) is 12.1 Å². The number of pyridine rings is 1. The summed E-state index contributed by atoms with van der Waals surface area (Å²) in [6, 6.07) is 13.8. The fourth-order valence-corrected chi connectivity index (χ4v) is 4.59. The zero-order valence-electron chi connectivity index (χ0n) is 21.3. The number of aliphatic carboxylic acids is 1. The smallest absolute Gasteiger partial charge is 0.549 e. The van der Waals surface area contributed by atoms with E-state index in [9.17, 15) is 14.7 Å². The monoisotopic (exact) mass is 544 g/mol. The number of aromatic nitrogens is 1. The Balaban J connectivity index is 0.00000336. The molecule has 2 aromatic carbocycles. The molecule has 0 radical (unpaired) electrons. The molecule has 0 bridgehead atoms. The fourth-order valence-electron chi connectivity index (χ4n) is 4.38. The van der Waals surface area contributed by atoms with Gasteiger partial charge in [0.1, 0.15) is 17.2 Å². The predicted molar refractivity (Wildman–Crippen MR) is 135 cm³/mol. The van der Waals surface area contributed by atoms with Gasteiger partial charge in [0.05, 0.1) is 18.7 Å². The number of carbonyl (C=O) groups excluding carboxylic acids is 2. The van der Waals surface area contributed by atoms with Crippen molar-refractivity contribution in [1.82, 2.24) is 10.3 Å². The van der Waals surface area contributed by atoms with E-state index in [2.05, 4.69) is 10.3 Å². The average Bonchev–Trinajstić information content (AvgIpc) is 3.75. The number of carbonyl (C=O) groups is 2. The normalized spacial score (nSPS) is 15.9. The quantitative estimate of drug-likeness (QED) is 0.400. The van der Waals surface area contributed by atoms with Crippen molar-refractivity contribution in [2.75, 3.05) is 20.3 Å². The third-order valence-electron chi connectivity index (χ3n) is 6.56. The van der Waals surface area contributed by atoms with Crippen LogP contribution < -0.4 is 54.2 Å². The van der Waals surface area contributed by atoms with Crippen LogP contribution in [0.4, 0.5) is 0 Å². The van der Waals surface area contributed by atoms with E-state index in [0.717, 1.165) is 11.3 Å². The summed E-state index contributed by atoms with van der Waals surface area (Å²) in [6.07, 6.45) is 3.28. The van der Waals surface area contributed by atoms with Crippen molar-refractivity contribution in [1.29, 1.82) is 0 Å². The molecule has 1 aromatic heterocycles. The maximum Gasteiger partial charge on any atom is 1.00 e. The molecule has 38 heavy (non-hydrogen) atoms. The Morgan fingerprint density at radius 1 is 1.13 bits per heavy atom. The van der Waals surface area contributed by atoms with Crippen LogP contribution in [0, 0.1) is 0 Å². The third kappa shape index (κ3) is 6.43. The molecular weight excluding hydrogens is 519 g/mol. The van der Waals surface area contributed by atoms with Gasteiger partial charge >= 0.3 is 29.6 Å². The van der Waals surface area contributed by atoms with Gasteiger partial charge in [-0.25, -0.2) is 4.98 Å². The van der Waals surface area contributed by atoms with Crippen LogP contribution >= 0.6 is 11.6 Å². The summed E-state index contributed by atoms with van der Waals surface area (Å²) >= 11 is 6.35. The standard InChI is InChI=1S/C28H27ClN2O6.Na/c1-35-27-18(6-9-23(31-27)16-2-3-16)10-12-30-26(32)17-4-7-19(8-5-17)37-25-15-24-21(14-22(25)29)20(28(33)34)11-13-36-24;/h4-9,14-16,20H,2-3,10-13H2,1H3,(H,30,32)(H,33,34);/q;+1/p-1. The molecular formula is C28H26ClN2NaO6. The van der Waals surface area contributed by atoms with Crippen LogP contribution in [0.3, 0.4) is 0 Å². The number of benzene rings is 2. The summed E-state index contributed by atoms with van der Waals surface area (Å²) in [5.74, 6) is 0.225. The molecule has 3 aromatic rings. The van der Waals surface area contributed by atoms with Crippen LogP contribution in [-0.2, 0) is 11.2 Å². The van der Waals surface area contributed by atoms with Gasteiger partial charge in [-0.2, -0.15) is 0 Å². The molecule has 1 N–H and O–H groups in total. The second kappa shape index (κ2) is 12.4. The van der Waals surface area contributed by atoms with Gasteiger partial charge < -0.3 is 29.4 Å². The number of hydrogen-bond donors (Lipinski definition) is 1. The number of nitrogens with zero attached hydrogens (tertiary/aromatic N) is 1. The number of ether oxygens (including phenoxy) is 3. The first-order valence-corrected chi connectivity index (χ1v) is 12.6. The Bertz CT molecular complexity index is 1330. The Morgan fingerprint density at radius 3 is 2.58 bits per heavy atom. The van der Waals surface area contributed by atoms with Crippen molar-refractivity contribution in [3.8, 4) is 23.1 Å². The van der Waals surface area contributed by atoms with Gasteiger partial charge in [0, 0.05) is 52.8 Å². The van der Waals surface area contributed by atoms with Gasteiger partial charge in [0.25, 0.3) is 5.91 Å². The molecule has 1 aliphatic carbocycles. The Kier molecular flexibility index (Phi) is 9.20. The first kappa shape index (κ1) is 28.2. The third-order valence-corrected chi connectivity index (χ3v) is 6.86. The van der Waals surface area contributed by atoms with Crippen molar-refractivity contribution in [3.05, 3.63) is 75.9 Å². The van der Waals surface area contributed by atoms with Crippen LogP contribution in [0.25, 0.3) is 0 Å². The second-order valence-electron chi connectivity index (χ2n) is 9.14. The zero-order valence-corrected chi connectivity index (χ0v) is 24.0. The molecule has 0 saturated heterocycles. The minimum absolute atomic E-state index is 0. The molecule has 192 valence electrons. The Morgan fingerprint density at radius 2 is 1.89 bits per heavy atom. The van der Waals surface area contributed by atoms with E-state index in [-0.39, 0.29) is 47.1 Å². The average molecular weight is 545 g/mol. The minimum Gasteiger partial charge on any atom is -0.549 e. The number of carboxylic acids is 1. The number of nitrogens with one attached hydrogen (secondary N) is 1. The molecule has 1 saturated carbocycles. The van der Waals surface area contributed by atoms with Crippen LogP contribution in [0.1, 0.15) is 58.3 Å². The molecule has 10 heteroatoms. The van der Waals surface area contributed by atoms with Crippen LogP contribution in [0.5, 0.6) is 23.1 Å². The molecule has 2 heterocycles. The molecule has 1 atom stereocenters. The summed E-state index contributed by atoms with van der Waals surface area (Å²) < 4.78 is 16.9. The number of hydrogen-bond acceptors (Lipinski definition) is 7. The zero-order chi connectivity index (χ0) is 25.9. The number of fused-ring (bicyclic) bond motifs is 1. The first-order valence-electron chi connectivity index (χ1n) is 12.2. The summed E-state index contributed by atoms with van der Waals surface area (Å²) in [6.45, 7) is 0.709. The topological polar surface area (TPSA) is 110 Å². The van der Waals surface area contributed by atoms with Crippen molar-refractivity contribution in [3.63, 3.8) is 0 Å². The van der Waals surface area contributed by atoms with Gasteiger partial charge in [0.2, 0.25) is 5.88 Å². The largest absolute Gasteiger partial charge is 1.00 e. The summed E-state index contributed by atoms with van der Waals surface area (Å²) in [5.41, 5.74) is 2.98. The van der Waals surface area contributed by atoms with E-state index < -0.39 is 11.9 Å². The van der Waals surface area contributed by atoms with Gasteiger partial charge in [-0.05, 0) is 62.1 Å². The maximum absolute atomic E-state index is 12.6. The van der Waals surface area contributed by atoms with Gasteiger partial charge in [-0.15, -0.1) is 0 Å². The molecule has 1 fully saturated rings. The number of methoxy groups -OCH3 is 1. The number of rotatable bonds is 9. The van der Waals surface area contributed by atoms with E-state index in [1.165, 1.54) is 18.9 Å². The number of carboxylic acid groups (broad SMARTS) is 1. The van der Waals surface area contributed by atoms with Crippen molar-refractivity contribution < 1.29 is 58.5 Å². The molecule has 1 aliphatic heterocycles. The molecule has 0 spiro atoms. The number of halogens is 1. The molecule has 1 amide bonds. The second-order valence-corrected chi connectivity index (χ2v) is 9.55. The SMILES string of the molecule is COc1nc(C2CC2)ccc1CCNC(=O)c1ccc(Oc2cc3c(cc2Cl)C(C(=O)[O-])CCO3)cc1.[Na+]. The summed E-state index contributed by atoms with van der Waals surface area (Å²) in [5, 5.41) is 14.6. The van der Waals surface area contributed by atoms with Crippen molar-refractivity contribution in [2.24, 2.45) is 0 Å². The fraction of sp³-hybridized carbons (Fsp3) is 0.321. The van der Waals surface area contributed by atoms with Crippen LogP contribution in [0.15, 0.2) is 48.5 Å². The van der Waals surface area contributed by atoms with Crippen molar-refractivity contribution in [2.45, 2.75) is 37.5 Å². The molecule has 1 unspecified atom stereocenters. The van der Waals surface area contributed by atoms with E-state index in [4.69, 9.17) is 25.8 Å². The minimum atomic E-state index is -1.16. The predicted octanol–water partition coefficient (Wildman–Crippen LogP) is 1.01. The number of amides is 1. The van der Waals surface area contributed by atoms with Crippen LogP contribution in [0.2, 0.25) is 5.02 Å². The van der Waals surface area contributed by atoms with Gasteiger partial charge in [0.15, 0.2) is 0 Å². The molecule has 2 aliphatic rings. The van der Waals surface area contributed by atoms with E-state index in [1.54, 1.807) is 37.4 Å². The van der Waals surface area contributed by atoms with Gasteiger partial charge in [-0.1, -0.05) is 17.7 Å². The van der Waals surface area contributed by atoms with E-state index in [0.29, 0.717) is 59.6 Å². The summed E-state index contributed by atoms with van der Waals surface area (Å²) in [7, 11) is 1.61. The Hall–Kier alpha value is -2.78. The van der Waals surface area contributed by atoms with Crippen LogP contribution in [-0.4, -0.2) is 37.1 Å². The van der Waals surface area contributed by atoms with Gasteiger partial charge in [-0.3, -0.25) is 4.79 Å². The Labute approximate surface area is 247 Å². The summed E-state index contributed by atoms with van der Waals surface area (Å²) in [4.78, 5) is 28.6.